The third-order valence-corrected chi connectivity index (χ3v) is 4.23. The third kappa shape index (κ3) is 3.29. The van der Waals surface area contributed by atoms with Crippen LogP contribution in [-0.4, -0.2) is 25.2 Å². The van der Waals surface area contributed by atoms with Gasteiger partial charge in [-0.2, -0.15) is 0 Å². The van der Waals surface area contributed by atoms with Gasteiger partial charge < -0.3 is 10.1 Å². The number of ether oxygens (including phenoxy) is 1. The molecule has 0 unspecified atom stereocenters. The number of methoxy groups -OCH3 is 1. The molecular formula is C17H18N2OS. The molecule has 3 rings (SSSR count). The molecule has 108 valence electrons. The van der Waals surface area contributed by atoms with E-state index >= 15 is 0 Å². The van der Waals surface area contributed by atoms with Gasteiger partial charge in [-0.1, -0.05) is 42.5 Å². The Morgan fingerprint density at radius 2 is 2.00 bits per heavy atom. The largest absolute Gasteiger partial charge is 0.383 e. The number of nitrogens with one attached hydrogen (secondary N) is 1. The van der Waals surface area contributed by atoms with E-state index in [4.69, 9.17) is 9.72 Å². The molecule has 0 saturated heterocycles. The van der Waals surface area contributed by atoms with Crippen LogP contribution in [0.2, 0.25) is 0 Å². The molecule has 0 aliphatic rings. The van der Waals surface area contributed by atoms with E-state index in [-0.39, 0.29) is 0 Å². The lowest BCUT2D eigenvalue weighted by Crippen LogP contribution is -2.18. The molecule has 1 aromatic heterocycles. The minimum absolute atomic E-state index is 0.724. The standard InChI is InChI=1S/C17H18N2OS/c1-20-10-9-18-11-17-19-16(12-21-17)15-8-4-6-13-5-2-3-7-14(13)15/h2-8,12,18H,9-11H2,1H3. The molecule has 3 nitrogen and oxygen atoms in total. The van der Waals surface area contributed by atoms with Crippen molar-refractivity contribution in [3.63, 3.8) is 0 Å². The van der Waals surface area contributed by atoms with Gasteiger partial charge in [0.2, 0.25) is 0 Å². The Balaban J connectivity index is 1.81. The van der Waals surface area contributed by atoms with Gasteiger partial charge in [0.15, 0.2) is 0 Å². The molecule has 3 aromatic rings. The average Bonchev–Trinajstić information content (AvgIpc) is 3.00. The molecule has 0 aliphatic heterocycles. The summed E-state index contributed by atoms with van der Waals surface area (Å²) in [6, 6.07) is 14.8. The SMILES string of the molecule is COCCNCc1nc(-c2cccc3ccccc23)cs1. The van der Waals surface area contributed by atoms with E-state index in [2.05, 4.69) is 53.2 Å². The molecule has 1 N–H and O–H groups in total. The lowest BCUT2D eigenvalue weighted by molar-refractivity contribution is 0.199. The molecule has 0 atom stereocenters. The van der Waals surface area contributed by atoms with E-state index in [9.17, 15) is 0 Å². The second kappa shape index (κ2) is 6.80. The summed E-state index contributed by atoms with van der Waals surface area (Å²) in [5, 5.41) is 9.07. The summed E-state index contributed by atoms with van der Waals surface area (Å²) in [4.78, 5) is 4.74. The summed E-state index contributed by atoms with van der Waals surface area (Å²) < 4.78 is 5.02. The molecule has 2 aromatic carbocycles. The highest BCUT2D eigenvalue weighted by Gasteiger charge is 2.07. The van der Waals surface area contributed by atoms with Gasteiger partial charge in [0, 0.05) is 31.1 Å². The normalized spacial score (nSPS) is 11.1. The molecule has 0 amide bonds. The summed E-state index contributed by atoms with van der Waals surface area (Å²) in [5.41, 5.74) is 2.26. The Morgan fingerprint density at radius 3 is 2.90 bits per heavy atom. The Morgan fingerprint density at radius 1 is 1.14 bits per heavy atom. The quantitative estimate of drug-likeness (QED) is 0.705. The van der Waals surface area contributed by atoms with Gasteiger partial charge in [-0.3, -0.25) is 0 Å². The Hall–Kier alpha value is -1.75. The van der Waals surface area contributed by atoms with Crippen molar-refractivity contribution in [3.05, 3.63) is 52.9 Å². The first kappa shape index (κ1) is 14.2. The van der Waals surface area contributed by atoms with Gasteiger partial charge in [-0.05, 0) is 10.8 Å². The number of rotatable bonds is 6. The number of nitrogens with zero attached hydrogens (tertiary/aromatic N) is 1. The van der Waals surface area contributed by atoms with Crippen LogP contribution >= 0.6 is 11.3 Å². The monoisotopic (exact) mass is 298 g/mol. The first-order valence-corrected chi connectivity index (χ1v) is 7.88. The van der Waals surface area contributed by atoms with Crippen molar-refractivity contribution in [2.75, 3.05) is 20.3 Å². The van der Waals surface area contributed by atoms with Crippen molar-refractivity contribution in [1.82, 2.24) is 10.3 Å². The molecular weight excluding hydrogens is 280 g/mol. The zero-order valence-electron chi connectivity index (χ0n) is 12.0. The highest BCUT2D eigenvalue weighted by molar-refractivity contribution is 7.09. The number of thiazole rings is 1. The maximum atomic E-state index is 5.02. The van der Waals surface area contributed by atoms with Crippen molar-refractivity contribution in [1.29, 1.82) is 0 Å². The second-order valence-electron chi connectivity index (χ2n) is 4.82. The van der Waals surface area contributed by atoms with Crippen LogP contribution in [0.5, 0.6) is 0 Å². The fraction of sp³-hybridized carbons (Fsp3) is 0.235. The number of aromatic nitrogens is 1. The van der Waals surface area contributed by atoms with Crippen molar-refractivity contribution in [2.24, 2.45) is 0 Å². The van der Waals surface area contributed by atoms with Gasteiger partial charge >= 0.3 is 0 Å². The minimum atomic E-state index is 0.724. The van der Waals surface area contributed by atoms with Crippen molar-refractivity contribution < 1.29 is 4.74 Å². The van der Waals surface area contributed by atoms with E-state index in [1.165, 1.54) is 16.3 Å². The molecule has 0 fully saturated rings. The number of fused-ring (bicyclic) bond motifs is 1. The highest BCUT2D eigenvalue weighted by atomic mass is 32.1. The molecule has 0 aliphatic carbocycles. The summed E-state index contributed by atoms with van der Waals surface area (Å²) >= 11 is 1.70. The first-order chi connectivity index (χ1) is 10.4. The third-order valence-electron chi connectivity index (χ3n) is 3.38. The summed E-state index contributed by atoms with van der Waals surface area (Å²) in [7, 11) is 1.71. The van der Waals surface area contributed by atoms with E-state index < -0.39 is 0 Å². The topological polar surface area (TPSA) is 34.1 Å². The Kier molecular flexibility index (Phi) is 4.60. The first-order valence-electron chi connectivity index (χ1n) is 7.00. The van der Waals surface area contributed by atoms with Gasteiger partial charge in [0.25, 0.3) is 0 Å². The summed E-state index contributed by atoms with van der Waals surface area (Å²) in [6.07, 6.45) is 0. The Labute approximate surface area is 128 Å². The van der Waals surface area contributed by atoms with Crippen molar-refractivity contribution in [3.8, 4) is 11.3 Å². The fourth-order valence-electron chi connectivity index (χ4n) is 2.33. The zero-order chi connectivity index (χ0) is 14.5. The predicted octanol–water partition coefficient (Wildman–Crippen LogP) is 3.70. The molecule has 4 heteroatoms. The van der Waals surface area contributed by atoms with E-state index in [0.717, 1.165) is 30.4 Å². The van der Waals surface area contributed by atoms with E-state index in [1.807, 2.05) is 0 Å². The van der Waals surface area contributed by atoms with E-state index in [1.54, 1.807) is 18.4 Å². The number of hydrogen-bond donors (Lipinski definition) is 1. The van der Waals surface area contributed by atoms with Crippen LogP contribution in [0.1, 0.15) is 5.01 Å². The van der Waals surface area contributed by atoms with Crippen molar-refractivity contribution >= 4 is 22.1 Å². The smallest absolute Gasteiger partial charge is 0.107 e. The van der Waals surface area contributed by atoms with Crippen LogP contribution in [0.4, 0.5) is 0 Å². The lowest BCUT2D eigenvalue weighted by Gasteiger charge is -2.03. The molecule has 0 radical (unpaired) electrons. The summed E-state index contributed by atoms with van der Waals surface area (Å²) in [6.45, 7) is 2.36. The molecule has 0 spiro atoms. The van der Waals surface area contributed by atoms with E-state index in [0.29, 0.717) is 0 Å². The zero-order valence-corrected chi connectivity index (χ0v) is 12.8. The van der Waals surface area contributed by atoms with Gasteiger partial charge in [0.1, 0.15) is 5.01 Å². The number of hydrogen-bond acceptors (Lipinski definition) is 4. The van der Waals surface area contributed by atoms with Crippen LogP contribution in [0.25, 0.3) is 22.0 Å². The molecule has 0 saturated carbocycles. The van der Waals surface area contributed by atoms with Crippen LogP contribution in [-0.2, 0) is 11.3 Å². The number of benzene rings is 2. The highest BCUT2D eigenvalue weighted by Crippen LogP contribution is 2.29. The van der Waals surface area contributed by atoms with Crippen LogP contribution < -0.4 is 5.32 Å². The van der Waals surface area contributed by atoms with Gasteiger partial charge in [0.05, 0.1) is 12.3 Å². The molecule has 0 bridgehead atoms. The van der Waals surface area contributed by atoms with Gasteiger partial charge in [-0.15, -0.1) is 11.3 Å². The predicted molar refractivity (Wildman–Crippen MR) is 88.6 cm³/mol. The van der Waals surface area contributed by atoms with Crippen LogP contribution in [0, 0.1) is 0 Å². The minimum Gasteiger partial charge on any atom is -0.383 e. The van der Waals surface area contributed by atoms with Crippen LogP contribution in [0.3, 0.4) is 0 Å². The average molecular weight is 298 g/mol. The van der Waals surface area contributed by atoms with Crippen molar-refractivity contribution in [2.45, 2.75) is 6.54 Å². The molecule has 21 heavy (non-hydrogen) atoms. The van der Waals surface area contributed by atoms with Crippen LogP contribution in [0.15, 0.2) is 47.8 Å². The fourth-order valence-corrected chi connectivity index (χ4v) is 3.10. The molecule has 1 heterocycles. The summed E-state index contributed by atoms with van der Waals surface area (Å²) in [5.74, 6) is 0. The lowest BCUT2D eigenvalue weighted by atomic mass is 10.0. The maximum Gasteiger partial charge on any atom is 0.107 e. The Bertz CT molecular complexity index is 718. The maximum absolute atomic E-state index is 5.02. The van der Waals surface area contributed by atoms with Gasteiger partial charge in [-0.25, -0.2) is 4.98 Å². The second-order valence-corrected chi connectivity index (χ2v) is 5.77.